The molecule has 17 heavy (non-hydrogen) atoms. The van der Waals surface area contributed by atoms with Crippen molar-refractivity contribution in [2.45, 2.75) is 39.2 Å². The minimum atomic E-state index is -0.263. The summed E-state index contributed by atoms with van der Waals surface area (Å²) in [4.78, 5) is 0. The highest BCUT2D eigenvalue weighted by Gasteiger charge is 2.25. The van der Waals surface area contributed by atoms with Crippen molar-refractivity contribution in [2.75, 3.05) is 6.79 Å². The second-order valence-corrected chi connectivity index (χ2v) is 5.49. The smallest absolute Gasteiger partial charge is 0.231 e. The van der Waals surface area contributed by atoms with Crippen LogP contribution in [0, 0.1) is 0 Å². The van der Waals surface area contributed by atoms with Gasteiger partial charge in [-0.2, -0.15) is 0 Å². The van der Waals surface area contributed by atoms with Gasteiger partial charge in [-0.3, -0.25) is 0 Å². The fourth-order valence-corrected chi connectivity index (χ4v) is 2.44. The van der Waals surface area contributed by atoms with Crippen LogP contribution in [0.5, 0.6) is 11.5 Å². The van der Waals surface area contributed by atoms with Crippen LogP contribution in [0.1, 0.15) is 31.9 Å². The SMILES string of the molecule is CCc1c(CC(C)(C)N)cc(Cl)c2c1OCO2. The average Bonchev–Trinajstić information content (AvgIpc) is 2.64. The first kappa shape index (κ1) is 12.5. The Bertz CT molecular complexity index is 438. The van der Waals surface area contributed by atoms with Crippen LogP contribution in [0.15, 0.2) is 6.07 Å². The summed E-state index contributed by atoms with van der Waals surface area (Å²) >= 11 is 6.19. The Balaban J connectivity index is 2.49. The van der Waals surface area contributed by atoms with Crippen LogP contribution in [0.2, 0.25) is 5.02 Å². The molecule has 0 bridgehead atoms. The van der Waals surface area contributed by atoms with Gasteiger partial charge in [-0.05, 0) is 38.3 Å². The summed E-state index contributed by atoms with van der Waals surface area (Å²) in [6, 6.07) is 1.95. The largest absolute Gasteiger partial charge is 0.453 e. The van der Waals surface area contributed by atoms with E-state index >= 15 is 0 Å². The maximum Gasteiger partial charge on any atom is 0.231 e. The summed E-state index contributed by atoms with van der Waals surface area (Å²) < 4.78 is 10.9. The number of rotatable bonds is 3. The van der Waals surface area contributed by atoms with E-state index in [9.17, 15) is 0 Å². The van der Waals surface area contributed by atoms with Gasteiger partial charge in [-0.1, -0.05) is 18.5 Å². The van der Waals surface area contributed by atoms with Crippen molar-refractivity contribution in [1.29, 1.82) is 0 Å². The first-order valence-corrected chi connectivity index (χ1v) is 6.19. The topological polar surface area (TPSA) is 44.5 Å². The molecule has 2 rings (SSSR count). The number of benzene rings is 1. The molecule has 0 spiro atoms. The maximum absolute atomic E-state index is 6.19. The fourth-order valence-electron chi connectivity index (χ4n) is 2.17. The molecule has 94 valence electrons. The van der Waals surface area contributed by atoms with Gasteiger partial charge in [0.05, 0.1) is 5.02 Å². The molecule has 1 aromatic rings. The van der Waals surface area contributed by atoms with Gasteiger partial charge in [0, 0.05) is 11.1 Å². The number of halogens is 1. The monoisotopic (exact) mass is 255 g/mol. The molecule has 2 N–H and O–H groups in total. The molecular weight excluding hydrogens is 238 g/mol. The van der Waals surface area contributed by atoms with Gasteiger partial charge in [-0.25, -0.2) is 0 Å². The molecule has 0 atom stereocenters. The fraction of sp³-hybridized carbons (Fsp3) is 0.538. The van der Waals surface area contributed by atoms with Crippen LogP contribution in [-0.2, 0) is 12.8 Å². The average molecular weight is 256 g/mol. The van der Waals surface area contributed by atoms with E-state index in [0.717, 1.165) is 29.7 Å². The van der Waals surface area contributed by atoms with Gasteiger partial charge < -0.3 is 15.2 Å². The van der Waals surface area contributed by atoms with Crippen molar-refractivity contribution in [3.8, 4) is 11.5 Å². The molecule has 0 aliphatic carbocycles. The van der Waals surface area contributed by atoms with Crippen molar-refractivity contribution >= 4 is 11.6 Å². The molecule has 0 fully saturated rings. The molecule has 4 heteroatoms. The minimum absolute atomic E-state index is 0.248. The Hall–Kier alpha value is -0.930. The molecule has 3 nitrogen and oxygen atoms in total. The van der Waals surface area contributed by atoms with Crippen LogP contribution in [0.3, 0.4) is 0 Å². The van der Waals surface area contributed by atoms with Gasteiger partial charge in [0.2, 0.25) is 6.79 Å². The van der Waals surface area contributed by atoms with E-state index in [2.05, 4.69) is 6.92 Å². The highest BCUT2D eigenvalue weighted by atomic mass is 35.5. The zero-order chi connectivity index (χ0) is 12.6. The maximum atomic E-state index is 6.19. The van der Waals surface area contributed by atoms with Crippen LogP contribution in [0.25, 0.3) is 0 Å². The third-order valence-electron chi connectivity index (χ3n) is 2.79. The lowest BCUT2D eigenvalue weighted by molar-refractivity contribution is 0.173. The van der Waals surface area contributed by atoms with Gasteiger partial charge in [-0.15, -0.1) is 0 Å². The second kappa shape index (κ2) is 4.39. The molecule has 1 aliphatic rings. The minimum Gasteiger partial charge on any atom is -0.453 e. The van der Waals surface area contributed by atoms with E-state index < -0.39 is 0 Å². The van der Waals surface area contributed by atoms with Gasteiger partial charge in [0.25, 0.3) is 0 Å². The summed E-state index contributed by atoms with van der Waals surface area (Å²) in [5.74, 6) is 1.46. The van der Waals surface area contributed by atoms with Crippen molar-refractivity contribution < 1.29 is 9.47 Å². The molecule has 0 saturated heterocycles. The molecule has 1 heterocycles. The van der Waals surface area contributed by atoms with Crippen LogP contribution < -0.4 is 15.2 Å². The predicted molar refractivity (Wildman–Crippen MR) is 68.9 cm³/mol. The number of hydrogen-bond donors (Lipinski definition) is 1. The molecule has 0 saturated carbocycles. The molecule has 0 radical (unpaired) electrons. The van der Waals surface area contributed by atoms with Gasteiger partial charge in [0.1, 0.15) is 0 Å². The summed E-state index contributed by atoms with van der Waals surface area (Å²) in [6.07, 6.45) is 1.65. The lowest BCUT2D eigenvalue weighted by Gasteiger charge is -2.21. The van der Waals surface area contributed by atoms with E-state index in [1.54, 1.807) is 0 Å². The van der Waals surface area contributed by atoms with Crippen molar-refractivity contribution in [1.82, 2.24) is 0 Å². The summed E-state index contributed by atoms with van der Waals surface area (Å²) in [6.45, 7) is 6.35. The molecule has 1 aliphatic heterocycles. The van der Waals surface area contributed by atoms with E-state index in [1.807, 2.05) is 19.9 Å². The molecule has 0 unspecified atom stereocenters. The lowest BCUT2D eigenvalue weighted by atomic mass is 9.91. The Morgan fingerprint density at radius 2 is 2.00 bits per heavy atom. The van der Waals surface area contributed by atoms with E-state index in [1.165, 1.54) is 0 Å². The third kappa shape index (κ3) is 2.50. The molecule has 0 amide bonds. The van der Waals surface area contributed by atoms with Crippen LogP contribution >= 0.6 is 11.6 Å². The van der Waals surface area contributed by atoms with Gasteiger partial charge >= 0.3 is 0 Å². The first-order valence-electron chi connectivity index (χ1n) is 5.81. The quantitative estimate of drug-likeness (QED) is 0.903. The van der Waals surface area contributed by atoms with Crippen molar-refractivity contribution in [2.24, 2.45) is 5.73 Å². The highest BCUT2D eigenvalue weighted by Crippen LogP contribution is 2.44. The number of hydrogen-bond acceptors (Lipinski definition) is 3. The van der Waals surface area contributed by atoms with E-state index in [-0.39, 0.29) is 12.3 Å². The van der Waals surface area contributed by atoms with Gasteiger partial charge in [0.15, 0.2) is 11.5 Å². The molecular formula is C13H18ClNO2. The summed E-state index contributed by atoms with van der Waals surface area (Å²) in [5, 5.41) is 0.606. The number of ether oxygens (including phenoxy) is 2. The Morgan fingerprint density at radius 3 is 2.59 bits per heavy atom. The van der Waals surface area contributed by atoms with E-state index in [0.29, 0.717) is 10.8 Å². The molecule has 0 aromatic heterocycles. The summed E-state index contributed by atoms with van der Waals surface area (Å²) in [5.41, 5.74) is 8.11. The normalized spacial score (nSPS) is 14.2. The zero-order valence-corrected chi connectivity index (χ0v) is 11.2. The van der Waals surface area contributed by atoms with Crippen molar-refractivity contribution in [3.63, 3.8) is 0 Å². The predicted octanol–water partition coefficient (Wildman–Crippen LogP) is 2.91. The Morgan fingerprint density at radius 1 is 1.35 bits per heavy atom. The Labute approximate surface area is 107 Å². The third-order valence-corrected chi connectivity index (χ3v) is 3.07. The van der Waals surface area contributed by atoms with Crippen LogP contribution in [-0.4, -0.2) is 12.3 Å². The number of nitrogens with two attached hydrogens (primary N) is 1. The van der Waals surface area contributed by atoms with Crippen LogP contribution in [0.4, 0.5) is 0 Å². The number of fused-ring (bicyclic) bond motifs is 1. The zero-order valence-electron chi connectivity index (χ0n) is 10.5. The lowest BCUT2D eigenvalue weighted by Crippen LogP contribution is -2.34. The first-order chi connectivity index (χ1) is 7.92. The second-order valence-electron chi connectivity index (χ2n) is 5.08. The molecule has 1 aromatic carbocycles. The van der Waals surface area contributed by atoms with E-state index in [4.69, 9.17) is 26.8 Å². The standard InChI is InChI=1S/C13H18ClNO2/c1-4-9-8(6-13(2,3)15)5-10(14)12-11(9)16-7-17-12/h5H,4,6-7,15H2,1-3H3. The van der Waals surface area contributed by atoms with Crippen molar-refractivity contribution in [3.05, 3.63) is 22.2 Å². The Kier molecular flexibility index (Phi) is 3.23. The summed E-state index contributed by atoms with van der Waals surface area (Å²) in [7, 11) is 0. The highest BCUT2D eigenvalue weighted by molar-refractivity contribution is 6.32.